The van der Waals surface area contributed by atoms with Gasteiger partial charge in [-0.05, 0) is 13.0 Å². The van der Waals surface area contributed by atoms with E-state index in [0.29, 0.717) is 33.0 Å². The van der Waals surface area contributed by atoms with Crippen LogP contribution in [0.2, 0.25) is 0 Å². The van der Waals surface area contributed by atoms with Gasteiger partial charge in [0.25, 0.3) is 0 Å². The Hall–Kier alpha value is -0.200. The molecule has 1 atom stereocenters. The van der Waals surface area contributed by atoms with Gasteiger partial charge in [-0.3, -0.25) is 0 Å². The summed E-state index contributed by atoms with van der Waals surface area (Å²) in [5.74, 6) is 0. The first-order valence-corrected chi connectivity index (χ1v) is 4.83. The maximum atomic E-state index is 9.33. The number of rotatable bonds is 10. The molecule has 0 saturated heterocycles. The number of hydrogen-bond acceptors (Lipinski definition) is 5. The van der Waals surface area contributed by atoms with E-state index >= 15 is 0 Å². The highest BCUT2D eigenvalue weighted by atomic mass is 16.5. The van der Waals surface area contributed by atoms with Crippen molar-refractivity contribution in [1.29, 1.82) is 0 Å². The van der Waals surface area contributed by atoms with Gasteiger partial charge >= 0.3 is 0 Å². The summed E-state index contributed by atoms with van der Waals surface area (Å²) >= 11 is 0. The molecule has 5 nitrogen and oxygen atoms in total. The maximum absolute atomic E-state index is 9.33. The average molecular weight is 207 g/mol. The van der Waals surface area contributed by atoms with Gasteiger partial charge in [0.1, 0.15) is 6.10 Å². The van der Waals surface area contributed by atoms with Gasteiger partial charge in [0, 0.05) is 13.7 Å². The summed E-state index contributed by atoms with van der Waals surface area (Å²) in [6.45, 7) is 2.82. The number of hydrogen-bond donors (Lipinski definition) is 2. The van der Waals surface area contributed by atoms with Crippen molar-refractivity contribution in [2.45, 2.75) is 12.5 Å². The van der Waals surface area contributed by atoms with Crippen molar-refractivity contribution >= 4 is 0 Å². The lowest BCUT2D eigenvalue weighted by Crippen LogP contribution is -2.23. The van der Waals surface area contributed by atoms with Crippen molar-refractivity contribution in [3.8, 4) is 0 Å². The number of nitrogens with two attached hydrogens (primary N) is 1. The molecule has 14 heavy (non-hydrogen) atoms. The van der Waals surface area contributed by atoms with Crippen LogP contribution < -0.4 is 5.73 Å². The summed E-state index contributed by atoms with van der Waals surface area (Å²) in [5.41, 5.74) is 5.28. The van der Waals surface area contributed by atoms with Gasteiger partial charge in [0.05, 0.1) is 26.4 Å². The first-order valence-electron chi connectivity index (χ1n) is 4.83. The summed E-state index contributed by atoms with van der Waals surface area (Å²) < 4.78 is 15.0. The third kappa shape index (κ3) is 9.88. The van der Waals surface area contributed by atoms with E-state index in [1.807, 2.05) is 0 Å². The van der Waals surface area contributed by atoms with E-state index in [1.165, 1.54) is 0 Å². The highest BCUT2D eigenvalue weighted by molar-refractivity contribution is 4.51. The normalized spacial score (nSPS) is 13.1. The molecule has 86 valence electrons. The molecule has 0 aromatic carbocycles. The lowest BCUT2D eigenvalue weighted by molar-refractivity contribution is -0.0282. The summed E-state index contributed by atoms with van der Waals surface area (Å²) in [6.07, 6.45) is 0.252. The van der Waals surface area contributed by atoms with E-state index in [1.54, 1.807) is 7.11 Å². The molecule has 0 aromatic heterocycles. The van der Waals surface area contributed by atoms with Crippen LogP contribution in [0.3, 0.4) is 0 Å². The molecule has 0 amide bonds. The zero-order chi connectivity index (χ0) is 10.6. The molecule has 0 fully saturated rings. The van der Waals surface area contributed by atoms with E-state index in [9.17, 15) is 5.11 Å². The molecule has 0 saturated carbocycles. The van der Waals surface area contributed by atoms with Gasteiger partial charge < -0.3 is 25.1 Å². The summed E-state index contributed by atoms with van der Waals surface area (Å²) in [6, 6.07) is 0. The minimum absolute atomic E-state index is 0.284. The van der Waals surface area contributed by atoms with Crippen LogP contribution in [0.4, 0.5) is 0 Å². The fraction of sp³-hybridized carbons (Fsp3) is 1.00. The Morgan fingerprint density at radius 3 is 2.36 bits per heavy atom. The molecule has 0 spiro atoms. The van der Waals surface area contributed by atoms with Gasteiger partial charge in [-0.1, -0.05) is 0 Å². The van der Waals surface area contributed by atoms with E-state index < -0.39 is 6.10 Å². The average Bonchev–Trinajstić information content (AvgIpc) is 2.19. The van der Waals surface area contributed by atoms with Crippen LogP contribution in [0.15, 0.2) is 0 Å². The molecule has 0 heterocycles. The van der Waals surface area contributed by atoms with Gasteiger partial charge in [-0.2, -0.15) is 0 Å². The predicted octanol–water partition coefficient (Wildman–Crippen LogP) is -0.624. The quantitative estimate of drug-likeness (QED) is 0.467. The molecular weight excluding hydrogens is 186 g/mol. The topological polar surface area (TPSA) is 73.9 Å². The van der Waals surface area contributed by atoms with Crippen molar-refractivity contribution in [3.05, 3.63) is 0 Å². The lowest BCUT2D eigenvalue weighted by Gasteiger charge is -2.11. The molecule has 0 aliphatic carbocycles. The smallest absolute Gasteiger partial charge is 0.101 e. The molecule has 0 radical (unpaired) electrons. The van der Waals surface area contributed by atoms with E-state index in [-0.39, 0.29) is 6.61 Å². The fourth-order valence-corrected chi connectivity index (χ4v) is 0.815. The maximum Gasteiger partial charge on any atom is 0.101 e. The standard InChI is InChI=1S/C9H21NO4/c1-12-5-6-14-8-9(11)7-13-4-2-3-10/h9,11H,2-8,10H2,1H3. The number of aliphatic hydroxyl groups is 1. The van der Waals surface area contributed by atoms with E-state index in [4.69, 9.17) is 19.9 Å². The first-order chi connectivity index (χ1) is 6.81. The van der Waals surface area contributed by atoms with E-state index in [0.717, 1.165) is 6.42 Å². The Morgan fingerprint density at radius 2 is 1.79 bits per heavy atom. The summed E-state index contributed by atoms with van der Waals surface area (Å²) in [5, 5.41) is 9.33. The van der Waals surface area contributed by atoms with Gasteiger partial charge in [0.2, 0.25) is 0 Å². The van der Waals surface area contributed by atoms with Crippen LogP contribution >= 0.6 is 0 Å². The van der Waals surface area contributed by atoms with Gasteiger partial charge in [-0.25, -0.2) is 0 Å². The number of aliphatic hydroxyl groups excluding tert-OH is 1. The van der Waals surface area contributed by atoms with Crippen LogP contribution in [0.25, 0.3) is 0 Å². The Bertz CT molecular complexity index is 101. The Labute approximate surface area is 85.1 Å². The van der Waals surface area contributed by atoms with E-state index in [2.05, 4.69) is 0 Å². The molecule has 0 bridgehead atoms. The van der Waals surface area contributed by atoms with Crippen molar-refractivity contribution < 1.29 is 19.3 Å². The Balaban J connectivity index is 3.07. The SMILES string of the molecule is COCCOCC(O)COCCCN. The molecule has 0 aliphatic heterocycles. The lowest BCUT2D eigenvalue weighted by atomic mass is 10.4. The first kappa shape index (κ1) is 13.8. The van der Waals surface area contributed by atoms with Gasteiger partial charge in [-0.15, -0.1) is 0 Å². The van der Waals surface area contributed by atoms with Crippen LogP contribution in [-0.4, -0.2) is 57.9 Å². The van der Waals surface area contributed by atoms with Crippen molar-refractivity contribution in [3.63, 3.8) is 0 Å². The largest absolute Gasteiger partial charge is 0.388 e. The van der Waals surface area contributed by atoms with Crippen LogP contribution in [-0.2, 0) is 14.2 Å². The second kappa shape index (κ2) is 10.9. The second-order valence-corrected chi connectivity index (χ2v) is 2.94. The molecule has 5 heteroatoms. The minimum atomic E-state index is -0.565. The molecule has 0 aliphatic rings. The van der Waals surface area contributed by atoms with Crippen molar-refractivity contribution in [2.24, 2.45) is 5.73 Å². The Kier molecular flexibility index (Phi) is 10.7. The molecular formula is C9H21NO4. The highest BCUT2D eigenvalue weighted by Crippen LogP contribution is 1.89. The number of ether oxygens (including phenoxy) is 3. The van der Waals surface area contributed by atoms with Crippen molar-refractivity contribution in [1.82, 2.24) is 0 Å². The third-order valence-electron chi connectivity index (χ3n) is 1.55. The van der Waals surface area contributed by atoms with Crippen LogP contribution in [0.1, 0.15) is 6.42 Å². The molecule has 3 N–H and O–H groups in total. The summed E-state index contributed by atoms with van der Waals surface area (Å²) in [7, 11) is 1.61. The van der Waals surface area contributed by atoms with Crippen LogP contribution in [0.5, 0.6) is 0 Å². The summed E-state index contributed by atoms with van der Waals surface area (Å²) in [4.78, 5) is 0. The Morgan fingerprint density at radius 1 is 1.14 bits per heavy atom. The second-order valence-electron chi connectivity index (χ2n) is 2.94. The fourth-order valence-electron chi connectivity index (χ4n) is 0.815. The number of methoxy groups -OCH3 is 1. The van der Waals surface area contributed by atoms with Crippen molar-refractivity contribution in [2.75, 3.05) is 46.7 Å². The molecule has 1 unspecified atom stereocenters. The zero-order valence-electron chi connectivity index (χ0n) is 8.78. The highest BCUT2D eigenvalue weighted by Gasteiger charge is 2.03. The minimum Gasteiger partial charge on any atom is -0.388 e. The molecule has 0 aromatic rings. The zero-order valence-corrected chi connectivity index (χ0v) is 8.78. The predicted molar refractivity (Wildman–Crippen MR) is 53.2 cm³/mol. The third-order valence-corrected chi connectivity index (χ3v) is 1.55. The molecule has 0 rings (SSSR count). The van der Waals surface area contributed by atoms with Crippen LogP contribution in [0, 0.1) is 0 Å². The monoisotopic (exact) mass is 207 g/mol. The van der Waals surface area contributed by atoms with Gasteiger partial charge in [0.15, 0.2) is 0 Å².